The zero-order valence-electron chi connectivity index (χ0n) is 17.3. The number of benzene rings is 2. The molecule has 0 aromatic heterocycles. The van der Waals surface area contributed by atoms with Gasteiger partial charge in [-0.3, -0.25) is 9.69 Å². The largest absolute Gasteiger partial charge is 0.493 e. The summed E-state index contributed by atoms with van der Waals surface area (Å²) < 4.78 is 11.0. The smallest absolute Gasteiger partial charge is 0.242 e. The number of hydrogen-bond donors (Lipinski definition) is 1. The van der Waals surface area contributed by atoms with Crippen molar-refractivity contribution in [3.8, 4) is 11.5 Å². The molecular weight excluding hydrogens is 364 g/mol. The van der Waals surface area contributed by atoms with Gasteiger partial charge in [0.15, 0.2) is 11.5 Å². The van der Waals surface area contributed by atoms with Crippen molar-refractivity contribution >= 4 is 5.91 Å². The number of nitrogens with zero attached hydrogens (tertiary/aromatic N) is 1. The lowest BCUT2D eigenvalue weighted by Gasteiger charge is -2.27. The summed E-state index contributed by atoms with van der Waals surface area (Å²) in [5, 5.41) is 3.13. The Labute approximate surface area is 173 Å². The van der Waals surface area contributed by atoms with Crippen molar-refractivity contribution in [2.45, 2.75) is 31.8 Å². The Kier molecular flexibility index (Phi) is 7.30. The van der Waals surface area contributed by atoms with Gasteiger partial charge in [-0.25, -0.2) is 0 Å². The molecule has 1 amide bonds. The molecule has 0 aliphatic carbocycles. The van der Waals surface area contributed by atoms with E-state index in [1.807, 2.05) is 48.5 Å². The first-order valence-corrected chi connectivity index (χ1v) is 10.1. The average molecular weight is 395 g/mol. The second kappa shape index (κ2) is 10.1. The molecule has 0 spiro atoms. The van der Waals surface area contributed by atoms with Crippen molar-refractivity contribution in [3.05, 3.63) is 71.8 Å². The Morgan fingerprint density at radius 1 is 1.17 bits per heavy atom. The molecule has 0 saturated carbocycles. The van der Waals surface area contributed by atoms with Gasteiger partial charge < -0.3 is 14.8 Å². The second-order valence-corrected chi connectivity index (χ2v) is 7.26. The molecule has 3 rings (SSSR count). The van der Waals surface area contributed by atoms with Crippen molar-refractivity contribution < 1.29 is 14.3 Å². The van der Waals surface area contributed by atoms with E-state index in [-0.39, 0.29) is 11.9 Å². The van der Waals surface area contributed by atoms with Crippen LogP contribution in [0.2, 0.25) is 0 Å². The van der Waals surface area contributed by atoms with E-state index < -0.39 is 0 Å². The van der Waals surface area contributed by atoms with Gasteiger partial charge in [0.1, 0.15) is 6.04 Å². The van der Waals surface area contributed by atoms with Gasteiger partial charge in [-0.05, 0) is 55.6 Å². The third-order valence-corrected chi connectivity index (χ3v) is 5.32. The van der Waals surface area contributed by atoms with Gasteiger partial charge in [-0.1, -0.05) is 36.4 Å². The van der Waals surface area contributed by atoms with Gasteiger partial charge in [-0.2, -0.15) is 0 Å². The molecule has 2 aromatic carbocycles. The van der Waals surface area contributed by atoms with Gasteiger partial charge in [0.25, 0.3) is 0 Å². The van der Waals surface area contributed by atoms with Crippen LogP contribution in [0.15, 0.2) is 55.1 Å². The molecule has 1 heterocycles. The predicted molar refractivity (Wildman–Crippen MR) is 115 cm³/mol. The number of allylic oxidation sites excluding steroid dienone is 1. The number of carbonyl (C=O) groups is 1. The fourth-order valence-corrected chi connectivity index (χ4v) is 3.96. The summed E-state index contributed by atoms with van der Waals surface area (Å²) in [4.78, 5) is 15.4. The number of methoxy groups -OCH3 is 2. The van der Waals surface area contributed by atoms with E-state index >= 15 is 0 Å². The van der Waals surface area contributed by atoms with Crippen LogP contribution in [-0.2, 0) is 17.8 Å². The lowest BCUT2D eigenvalue weighted by Crippen LogP contribution is -2.39. The minimum atomic E-state index is -0.258. The van der Waals surface area contributed by atoms with Crippen LogP contribution in [-0.4, -0.2) is 38.1 Å². The Morgan fingerprint density at radius 2 is 1.90 bits per heavy atom. The Morgan fingerprint density at radius 3 is 2.52 bits per heavy atom. The number of amides is 1. The minimum Gasteiger partial charge on any atom is -0.493 e. The van der Waals surface area contributed by atoms with E-state index in [0.29, 0.717) is 24.5 Å². The maximum Gasteiger partial charge on any atom is 0.242 e. The highest BCUT2D eigenvalue weighted by Gasteiger charge is 2.29. The molecule has 0 radical (unpaired) electrons. The van der Waals surface area contributed by atoms with Crippen molar-refractivity contribution in [3.63, 3.8) is 0 Å². The van der Waals surface area contributed by atoms with Crippen LogP contribution >= 0.6 is 0 Å². The first-order valence-electron chi connectivity index (χ1n) is 10.1. The van der Waals surface area contributed by atoms with Gasteiger partial charge in [0.05, 0.1) is 14.2 Å². The summed E-state index contributed by atoms with van der Waals surface area (Å²) in [7, 11) is 3.25. The lowest BCUT2D eigenvalue weighted by atomic mass is 10.0. The molecule has 5 heteroatoms. The minimum absolute atomic E-state index is 0.0261. The van der Waals surface area contributed by atoms with Crippen molar-refractivity contribution in [1.82, 2.24) is 10.2 Å². The predicted octanol–water partition coefficient (Wildman–Crippen LogP) is 3.89. The summed E-state index contributed by atoms with van der Waals surface area (Å²) in [6.45, 7) is 6.15. The van der Waals surface area contributed by atoms with Crippen molar-refractivity contribution in [2.75, 3.05) is 27.3 Å². The zero-order chi connectivity index (χ0) is 20.6. The number of nitrogens with one attached hydrogen (secondary N) is 1. The monoisotopic (exact) mass is 394 g/mol. The van der Waals surface area contributed by atoms with E-state index in [1.54, 1.807) is 14.2 Å². The molecule has 29 heavy (non-hydrogen) atoms. The van der Waals surface area contributed by atoms with E-state index in [1.165, 1.54) is 0 Å². The summed E-state index contributed by atoms with van der Waals surface area (Å²) in [6.07, 6.45) is 4.77. The van der Waals surface area contributed by atoms with Crippen LogP contribution in [0, 0.1) is 0 Å². The molecule has 1 aliphatic rings. The highest BCUT2D eigenvalue weighted by atomic mass is 16.5. The second-order valence-electron chi connectivity index (χ2n) is 7.26. The lowest BCUT2D eigenvalue weighted by molar-refractivity contribution is -0.126. The average Bonchev–Trinajstić information content (AvgIpc) is 3.27. The van der Waals surface area contributed by atoms with Crippen LogP contribution < -0.4 is 14.8 Å². The molecule has 1 aliphatic heterocycles. The summed E-state index contributed by atoms with van der Waals surface area (Å²) in [6, 6.07) is 13.7. The maximum absolute atomic E-state index is 13.2. The zero-order valence-corrected chi connectivity index (χ0v) is 17.3. The third-order valence-electron chi connectivity index (χ3n) is 5.32. The third kappa shape index (κ3) is 4.98. The molecule has 1 N–H and O–H groups in total. The van der Waals surface area contributed by atoms with Crippen LogP contribution in [0.5, 0.6) is 11.5 Å². The Balaban J connectivity index is 1.79. The molecule has 1 fully saturated rings. The van der Waals surface area contributed by atoms with E-state index in [0.717, 1.165) is 42.6 Å². The Hall–Kier alpha value is -2.79. The molecule has 1 atom stereocenters. The van der Waals surface area contributed by atoms with Gasteiger partial charge in [-0.15, -0.1) is 6.58 Å². The van der Waals surface area contributed by atoms with E-state index in [9.17, 15) is 4.79 Å². The van der Waals surface area contributed by atoms with Crippen LogP contribution in [0.1, 0.15) is 35.6 Å². The number of ether oxygens (including phenoxy) is 2. The first kappa shape index (κ1) is 20.9. The van der Waals surface area contributed by atoms with Crippen molar-refractivity contribution in [2.24, 2.45) is 0 Å². The normalized spacial score (nSPS) is 15.0. The molecule has 0 bridgehead atoms. The molecule has 1 saturated heterocycles. The number of rotatable bonds is 9. The molecule has 2 aromatic rings. The molecule has 5 nitrogen and oxygen atoms in total. The van der Waals surface area contributed by atoms with Crippen molar-refractivity contribution in [1.29, 1.82) is 0 Å². The number of hydrogen-bond acceptors (Lipinski definition) is 4. The fraction of sp³-hybridized carbons (Fsp3) is 0.375. The van der Waals surface area contributed by atoms with Gasteiger partial charge in [0.2, 0.25) is 5.91 Å². The number of carbonyl (C=O) groups excluding carboxylic acids is 1. The van der Waals surface area contributed by atoms with Crippen LogP contribution in [0.25, 0.3) is 0 Å². The van der Waals surface area contributed by atoms with Gasteiger partial charge >= 0.3 is 0 Å². The van der Waals surface area contributed by atoms with Gasteiger partial charge in [0, 0.05) is 12.1 Å². The van der Waals surface area contributed by atoms with E-state index in [4.69, 9.17) is 9.47 Å². The highest BCUT2D eigenvalue weighted by Crippen LogP contribution is 2.33. The van der Waals surface area contributed by atoms with Crippen LogP contribution in [0.3, 0.4) is 0 Å². The molecule has 154 valence electrons. The SMILES string of the molecule is C=CCc1cc(CNC(=O)C(c2ccccc2)N2CCCC2)cc(OC)c1OC. The molecular formula is C24H30N2O3. The first-order chi connectivity index (χ1) is 14.2. The number of likely N-dealkylation sites (tertiary alicyclic amines) is 1. The highest BCUT2D eigenvalue weighted by molar-refractivity contribution is 5.83. The van der Waals surface area contributed by atoms with E-state index in [2.05, 4.69) is 16.8 Å². The fourth-order valence-electron chi connectivity index (χ4n) is 3.96. The summed E-state index contributed by atoms with van der Waals surface area (Å²) in [5.74, 6) is 1.40. The van der Waals surface area contributed by atoms with Crippen LogP contribution in [0.4, 0.5) is 0 Å². The standard InChI is InChI=1S/C24H30N2O3/c1-4-10-20-15-18(16-21(28-2)23(20)29-3)17-25-24(27)22(26-13-8-9-14-26)19-11-6-5-7-12-19/h4-7,11-12,15-16,22H,1,8-10,13-14,17H2,2-3H3,(H,25,27). The summed E-state index contributed by atoms with van der Waals surface area (Å²) in [5.41, 5.74) is 3.00. The summed E-state index contributed by atoms with van der Waals surface area (Å²) >= 11 is 0. The Bertz CT molecular complexity index is 830. The quantitative estimate of drug-likeness (QED) is 0.656. The topological polar surface area (TPSA) is 50.8 Å². The maximum atomic E-state index is 13.2. The molecule has 1 unspecified atom stereocenters.